The van der Waals surface area contributed by atoms with Crippen LogP contribution in [0, 0.1) is 25.7 Å². The number of piperazine rings is 1. The maximum absolute atomic E-state index is 3.35. The number of nitrogens with zero attached hydrogens (tertiary/aromatic N) is 1. The van der Waals surface area contributed by atoms with Gasteiger partial charge in [-0.2, -0.15) is 0 Å². The second kappa shape index (κ2) is 5.86. The fourth-order valence-corrected chi connectivity index (χ4v) is 2.17. The largest absolute Gasteiger partial charge is 0.314 e. The average Bonchev–Trinajstić information content (AvgIpc) is 2.29. The fourth-order valence-electron chi connectivity index (χ4n) is 2.17. The summed E-state index contributed by atoms with van der Waals surface area (Å²) in [5.41, 5.74) is 3.71. The molecule has 1 aliphatic rings. The Balaban J connectivity index is 1.95. The summed E-state index contributed by atoms with van der Waals surface area (Å²) in [7, 11) is 0. The minimum Gasteiger partial charge on any atom is -0.314 e. The van der Waals surface area contributed by atoms with Crippen LogP contribution in [0.5, 0.6) is 0 Å². The van der Waals surface area contributed by atoms with Crippen LogP contribution in [-0.4, -0.2) is 37.6 Å². The Bertz CT molecular complexity index is 414. The predicted octanol–water partition coefficient (Wildman–Crippen LogP) is 1.56. The van der Waals surface area contributed by atoms with Gasteiger partial charge in [0.25, 0.3) is 0 Å². The topological polar surface area (TPSA) is 15.3 Å². The number of aryl methyl sites for hydroxylation is 2. The molecule has 0 saturated carbocycles. The lowest BCUT2D eigenvalue weighted by atomic mass is 10.1. The minimum atomic E-state index is 0.884. The standard InChI is InChI=1S/C15H20N2/c1-13-10-14(2)12-15(11-13)4-3-7-17-8-5-16-6-9-17/h10-12,16H,5-9H2,1-2H3. The zero-order valence-corrected chi connectivity index (χ0v) is 10.7. The van der Waals surface area contributed by atoms with E-state index in [1.807, 2.05) is 0 Å². The number of nitrogens with one attached hydrogen (secondary N) is 1. The molecule has 2 heteroatoms. The normalized spacial score (nSPS) is 16.4. The molecule has 1 fully saturated rings. The Labute approximate surface area is 104 Å². The van der Waals surface area contributed by atoms with Crippen molar-refractivity contribution in [2.75, 3.05) is 32.7 Å². The van der Waals surface area contributed by atoms with E-state index in [1.54, 1.807) is 0 Å². The third kappa shape index (κ3) is 3.89. The minimum absolute atomic E-state index is 0.884. The van der Waals surface area contributed by atoms with E-state index in [2.05, 4.69) is 54.1 Å². The molecule has 0 atom stereocenters. The van der Waals surface area contributed by atoms with Gasteiger partial charge in [-0.3, -0.25) is 4.90 Å². The molecule has 0 amide bonds. The van der Waals surface area contributed by atoms with Gasteiger partial charge in [0.2, 0.25) is 0 Å². The second-order valence-electron chi connectivity index (χ2n) is 4.70. The SMILES string of the molecule is Cc1cc(C)cc(C#CCN2CCNCC2)c1. The van der Waals surface area contributed by atoms with Crippen molar-refractivity contribution in [3.63, 3.8) is 0 Å². The van der Waals surface area contributed by atoms with Gasteiger partial charge in [-0.1, -0.05) is 17.9 Å². The molecule has 90 valence electrons. The molecule has 0 spiro atoms. The Kier molecular flexibility index (Phi) is 4.19. The molecular weight excluding hydrogens is 208 g/mol. The molecule has 1 saturated heterocycles. The Morgan fingerprint density at radius 1 is 1.12 bits per heavy atom. The molecule has 0 unspecified atom stereocenters. The molecule has 1 aromatic rings. The van der Waals surface area contributed by atoms with E-state index < -0.39 is 0 Å². The average molecular weight is 228 g/mol. The summed E-state index contributed by atoms with van der Waals surface area (Å²) in [4.78, 5) is 2.39. The summed E-state index contributed by atoms with van der Waals surface area (Å²) in [6, 6.07) is 6.48. The van der Waals surface area contributed by atoms with Crippen molar-refractivity contribution in [3.8, 4) is 11.8 Å². The van der Waals surface area contributed by atoms with E-state index in [0.29, 0.717) is 0 Å². The molecule has 1 heterocycles. The van der Waals surface area contributed by atoms with Gasteiger partial charge in [0.15, 0.2) is 0 Å². The highest BCUT2D eigenvalue weighted by Crippen LogP contribution is 2.07. The van der Waals surface area contributed by atoms with Gasteiger partial charge in [0, 0.05) is 31.7 Å². The monoisotopic (exact) mass is 228 g/mol. The van der Waals surface area contributed by atoms with E-state index in [0.717, 1.165) is 38.3 Å². The van der Waals surface area contributed by atoms with E-state index in [-0.39, 0.29) is 0 Å². The van der Waals surface area contributed by atoms with E-state index in [1.165, 1.54) is 11.1 Å². The molecular formula is C15H20N2. The highest BCUT2D eigenvalue weighted by atomic mass is 15.2. The van der Waals surface area contributed by atoms with Crippen molar-refractivity contribution in [2.45, 2.75) is 13.8 Å². The van der Waals surface area contributed by atoms with Gasteiger partial charge < -0.3 is 5.32 Å². The second-order valence-corrected chi connectivity index (χ2v) is 4.70. The molecule has 17 heavy (non-hydrogen) atoms. The van der Waals surface area contributed by atoms with Crippen LogP contribution in [0.1, 0.15) is 16.7 Å². The van der Waals surface area contributed by atoms with Crippen LogP contribution < -0.4 is 5.32 Å². The summed E-state index contributed by atoms with van der Waals surface area (Å²) >= 11 is 0. The van der Waals surface area contributed by atoms with Crippen LogP contribution in [-0.2, 0) is 0 Å². The van der Waals surface area contributed by atoms with Crippen molar-refractivity contribution >= 4 is 0 Å². The Morgan fingerprint density at radius 2 is 1.76 bits per heavy atom. The third-order valence-electron chi connectivity index (χ3n) is 2.97. The zero-order chi connectivity index (χ0) is 12.1. The lowest BCUT2D eigenvalue weighted by Crippen LogP contribution is -2.43. The van der Waals surface area contributed by atoms with Crippen LogP contribution in [0.15, 0.2) is 18.2 Å². The van der Waals surface area contributed by atoms with Gasteiger partial charge in [0.05, 0.1) is 6.54 Å². The highest BCUT2D eigenvalue weighted by molar-refractivity contribution is 5.40. The molecule has 1 aromatic carbocycles. The Hall–Kier alpha value is -1.30. The lowest BCUT2D eigenvalue weighted by molar-refractivity contribution is 0.268. The molecule has 0 bridgehead atoms. The smallest absolute Gasteiger partial charge is 0.0606 e. The van der Waals surface area contributed by atoms with Crippen LogP contribution in [0.4, 0.5) is 0 Å². The quantitative estimate of drug-likeness (QED) is 0.734. The first kappa shape index (κ1) is 12.2. The number of hydrogen-bond donors (Lipinski definition) is 1. The zero-order valence-electron chi connectivity index (χ0n) is 10.7. The Morgan fingerprint density at radius 3 is 2.41 bits per heavy atom. The van der Waals surface area contributed by atoms with Crippen molar-refractivity contribution < 1.29 is 0 Å². The fraction of sp³-hybridized carbons (Fsp3) is 0.467. The first-order chi connectivity index (χ1) is 8.24. The van der Waals surface area contributed by atoms with Crippen molar-refractivity contribution in [1.29, 1.82) is 0 Å². The summed E-state index contributed by atoms with van der Waals surface area (Å²) in [6.45, 7) is 9.52. The van der Waals surface area contributed by atoms with Gasteiger partial charge in [-0.05, 0) is 37.1 Å². The van der Waals surface area contributed by atoms with Gasteiger partial charge in [0.1, 0.15) is 0 Å². The molecule has 2 nitrogen and oxygen atoms in total. The van der Waals surface area contributed by atoms with E-state index in [9.17, 15) is 0 Å². The summed E-state index contributed by atoms with van der Waals surface area (Å²) in [5.74, 6) is 6.54. The maximum atomic E-state index is 3.35. The molecule has 0 radical (unpaired) electrons. The molecule has 0 aromatic heterocycles. The third-order valence-corrected chi connectivity index (χ3v) is 2.97. The van der Waals surface area contributed by atoms with Gasteiger partial charge >= 0.3 is 0 Å². The number of rotatable bonds is 1. The molecule has 0 aliphatic carbocycles. The first-order valence-electron chi connectivity index (χ1n) is 6.24. The van der Waals surface area contributed by atoms with Crippen LogP contribution in [0.3, 0.4) is 0 Å². The van der Waals surface area contributed by atoms with Crippen molar-refractivity contribution in [2.24, 2.45) is 0 Å². The summed E-state index contributed by atoms with van der Waals surface area (Å²) in [6.07, 6.45) is 0. The summed E-state index contributed by atoms with van der Waals surface area (Å²) < 4.78 is 0. The summed E-state index contributed by atoms with van der Waals surface area (Å²) in [5, 5.41) is 3.35. The molecule has 2 rings (SSSR count). The number of benzene rings is 1. The lowest BCUT2D eigenvalue weighted by Gasteiger charge is -2.24. The molecule has 1 N–H and O–H groups in total. The van der Waals surface area contributed by atoms with Crippen LogP contribution in [0.25, 0.3) is 0 Å². The van der Waals surface area contributed by atoms with Crippen LogP contribution >= 0.6 is 0 Å². The van der Waals surface area contributed by atoms with E-state index in [4.69, 9.17) is 0 Å². The molecule has 1 aliphatic heterocycles. The first-order valence-corrected chi connectivity index (χ1v) is 6.24. The number of hydrogen-bond acceptors (Lipinski definition) is 2. The van der Waals surface area contributed by atoms with Crippen molar-refractivity contribution in [1.82, 2.24) is 10.2 Å². The van der Waals surface area contributed by atoms with Gasteiger partial charge in [-0.25, -0.2) is 0 Å². The van der Waals surface area contributed by atoms with Crippen molar-refractivity contribution in [3.05, 3.63) is 34.9 Å². The highest BCUT2D eigenvalue weighted by Gasteiger charge is 2.06. The van der Waals surface area contributed by atoms with Crippen LogP contribution in [0.2, 0.25) is 0 Å². The van der Waals surface area contributed by atoms with E-state index >= 15 is 0 Å². The maximum Gasteiger partial charge on any atom is 0.0606 e. The van der Waals surface area contributed by atoms with Gasteiger partial charge in [-0.15, -0.1) is 0 Å². The predicted molar refractivity (Wildman–Crippen MR) is 72.1 cm³/mol.